The van der Waals surface area contributed by atoms with Crippen LogP contribution in [0.25, 0.3) is 0 Å². The van der Waals surface area contributed by atoms with E-state index in [-0.39, 0.29) is 0 Å². The van der Waals surface area contributed by atoms with Gasteiger partial charge in [-0.2, -0.15) is 0 Å². The van der Waals surface area contributed by atoms with E-state index in [1.807, 2.05) is 6.92 Å². The average molecular weight is 156 g/mol. The van der Waals surface area contributed by atoms with Crippen molar-refractivity contribution in [2.75, 3.05) is 0 Å². The summed E-state index contributed by atoms with van der Waals surface area (Å²) in [5.74, 6) is 1.66. The van der Waals surface area contributed by atoms with Gasteiger partial charge < -0.3 is 0 Å². The second-order valence-electron chi connectivity index (χ2n) is 3.51. The molecule has 0 N–H and O–H groups in total. The van der Waals surface area contributed by atoms with E-state index in [1.165, 1.54) is 0 Å². The molecule has 0 spiro atoms. The van der Waals surface area contributed by atoms with E-state index in [0.29, 0.717) is 24.0 Å². The molecule has 0 aliphatic rings. The Morgan fingerprint density at radius 2 is 1.82 bits per heavy atom. The van der Waals surface area contributed by atoms with Crippen molar-refractivity contribution in [3.63, 3.8) is 0 Å². The van der Waals surface area contributed by atoms with Crippen LogP contribution < -0.4 is 0 Å². The number of carbonyl (C=O) groups is 1. The van der Waals surface area contributed by atoms with E-state index in [2.05, 4.69) is 20.8 Å². The fourth-order valence-electron chi connectivity index (χ4n) is 1.29. The van der Waals surface area contributed by atoms with Crippen LogP contribution in [0, 0.1) is 11.8 Å². The first-order chi connectivity index (χ1) is 5.11. The highest BCUT2D eigenvalue weighted by atomic mass is 16.1. The lowest BCUT2D eigenvalue weighted by atomic mass is 9.88. The van der Waals surface area contributed by atoms with Crippen molar-refractivity contribution < 1.29 is 4.79 Å². The molecular weight excluding hydrogens is 136 g/mol. The van der Waals surface area contributed by atoms with Gasteiger partial charge in [0, 0.05) is 12.8 Å². The van der Waals surface area contributed by atoms with Gasteiger partial charge in [-0.15, -0.1) is 0 Å². The molecule has 11 heavy (non-hydrogen) atoms. The number of hydrogen-bond donors (Lipinski definition) is 0. The molecule has 0 aromatic rings. The van der Waals surface area contributed by atoms with E-state index in [0.717, 1.165) is 12.8 Å². The van der Waals surface area contributed by atoms with Gasteiger partial charge in [-0.3, -0.25) is 4.79 Å². The summed E-state index contributed by atoms with van der Waals surface area (Å²) in [6, 6.07) is 0. The lowest BCUT2D eigenvalue weighted by Crippen LogP contribution is -2.12. The highest BCUT2D eigenvalue weighted by molar-refractivity contribution is 5.78. The molecule has 0 rings (SSSR count). The maximum Gasteiger partial charge on any atom is 0.132 e. The molecule has 0 radical (unpaired) electrons. The fourth-order valence-corrected chi connectivity index (χ4v) is 1.29. The third-order valence-corrected chi connectivity index (χ3v) is 2.35. The smallest absolute Gasteiger partial charge is 0.132 e. The van der Waals surface area contributed by atoms with E-state index >= 15 is 0 Å². The zero-order chi connectivity index (χ0) is 8.85. The Morgan fingerprint density at radius 3 is 2.09 bits per heavy atom. The minimum Gasteiger partial charge on any atom is -0.300 e. The number of rotatable bonds is 5. The van der Waals surface area contributed by atoms with Crippen molar-refractivity contribution >= 4 is 5.78 Å². The van der Waals surface area contributed by atoms with Crippen molar-refractivity contribution in [3.05, 3.63) is 0 Å². The summed E-state index contributed by atoms with van der Waals surface area (Å²) < 4.78 is 0. The first-order valence-electron chi connectivity index (χ1n) is 4.63. The quantitative estimate of drug-likeness (QED) is 0.598. The van der Waals surface area contributed by atoms with Crippen LogP contribution in [-0.4, -0.2) is 5.78 Å². The predicted octanol–water partition coefficient (Wildman–Crippen LogP) is 3.04. The standard InChI is InChI=1S/C10H20O/c1-5-9(8(3)4)7-10(11)6-2/h8-9H,5-7H2,1-4H3. The van der Waals surface area contributed by atoms with Crippen LogP contribution >= 0.6 is 0 Å². The van der Waals surface area contributed by atoms with Gasteiger partial charge in [-0.25, -0.2) is 0 Å². The van der Waals surface area contributed by atoms with Gasteiger partial charge in [0.2, 0.25) is 0 Å². The Balaban J connectivity index is 3.78. The summed E-state index contributed by atoms with van der Waals surface area (Å²) in [5.41, 5.74) is 0. The summed E-state index contributed by atoms with van der Waals surface area (Å²) in [6.45, 7) is 8.48. The van der Waals surface area contributed by atoms with E-state index in [9.17, 15) is 4.79 Å². The summed E-state index contributed by atoms with van der Waals surface area (Å²) in [6.07, 6.45) is 2.61. The maximum absolute atomic E-state index is 11.1. The maximum atomic E-state index is 11.1. The Labute approximate surface area is 70.2 Å². The molecule has 1 unspecified atom stereocenters. The van der Waals surface area contributed by atoms with Crippen LogP contribution in [0.2, 0.25) is 0 Å². The fraction of sp³-hybridized carbons (Fsp3) is 0.900. The SMILES string of the molecule is CCC(=O)CC(CC)C(C)C. The van der Waals surface area contributed by atoms with Crippen molar-refractivity contribution in [3.8, 4) is 0 Å². The van der Waals surface area contributed by atoms with Crippen molar-refractivity contribution in [2.24, 2.45) is 11.8 Å². The lowest BCUT2D eigenvalue weighted by Gasteiger charge is -2.17. The second kappa shape index (κ2) is 5.34. The minimum absolute atomic E-state index is 0.408. The van der Waals surface area contributed by atoms with Gasteiger partial charge in [-0.05, 0) is 11.8 Å². The van der Waals surface area contributed by atoms with Gasteiger partial charge >= 0.3 is 0 Å². The average Bonchev–Trinajstić information content (AvgIpc) is 1.99. The summed E-state index contributed by atoms with van der Waals surface area (Å²) in [5, 5.41) is 0. The number of ketones is 1. The highest BCUT2D eigenvalue weighted by Gasteiger charge is 2.13. The molecule has 0 heterocycles. The highest BCUT2D eigenvalue weighted by Crippen LogP contribution is 2.19. The van der Waals surface area contributed by atoms with Crippen LogP contribution in [0.3, 0.4) is 0 Å². The predicted molar refractivity (Wildman–Crippen MR) is 48.5 cm³/mol. The molecule has 0 aromatic heterocycles. The molecule has 1 nitrogen and oxygen atoms in total. The molecule has 0 aromatic carbocycles. The van der Waals surface area contributed by atoms with E-state index in [4.69, 9.17) is 0 Å². The molecule has 0 fully saturated rings. The van der Waals surface area contributed by atoms with Crippen molar-refractivity contribution in [1.82, 2.24) is 0 Å². The molecule has 66 valence electrons. The van der Waals surface area contributed by atoms with Crippen molar-refractivity contribution in [2.45, 2.75) is 47.0 Å². The molecule has 0 saturated carbocycles. The van der Waals surface area contributed by atoms with Gasteiger partial charge in [-0.1, -0.05) is 34.1 Å². The molecular formula is C10H20O. The lowest BCUT2D eigenvalue weighted by molar-refractivity contribution is -0.120. The third kappa shape index (κ3) is 4.18. The Hall–Kier alpha value is -0.330. The third-order valence-electron chi connectivity index (χ3n) is 2.35. The Morgan fingerprint density at radius 1 is 1.27 bits per heavy atom. The number of hydrogen-bond acceptors (Lipinski definition) is 1. The van der Waals surface area contributed by atoms with Crippen LogP contribution in [0.5, 0.6) is 0 Å². The monoisotopic (exact) mass is 156 g/mol. The zero-order valence-electron chi connectivity index (χ0n) is 8.18. The van der Waals surface area contributed by atoms with Gasteiger partial charge in [0.15, 0.2) is 0 Å². The number of carbonyl (C=O) groups excluding carboxylic acids is 1. The zero-order valence-corrected chi connectivity index (χ0v) is 8.18. The minimum atomic E-state index is 0.408. The molecule has 0 amide bonds. The molecule has 1 heteroatoms. The van der Waals surface area contributed by atoms with Gasteiger partial charge in [0.1, 0.15) is 5.78 Å². The first-order valence-corrected chi connectivity index (χ1v) is 4.63. The van der Waals surface area contributed by atoms with Crippen LogP contribution in [0.1, 0.15) is 47.0 Å². The van der Waals surface area contributed by atoms with Crippen LogP contribution in [-0.2, 0) is 4.79 Å². The Kier molecular flexibility index (Phi) is 5.18. The molecule has 0 aliphatic carbocycles. The summed E-state index contributed by atoms with van der Waals surface area (Å²) in [7, 11) is 0. The van der Waals surface area contributed by atoms with E-state index < -0.39 is 0 Å². The normalized spacial score (nSPS) is 13.5. The summed E-state index contributed by atoms with van der Waals surface area (Å²) >= 11 is 0. The first kappa shape index (κ1) is 10.7. The molecule has 0 aliphatic heterocycles. The largest absolute Gasteiger partial charge is 0.300 e. The van der Waals surface area contributed by atoms with Gasteiger partial charge in [0.25, 0.3) is 0 Å². The van der Waals surface area contributed by atoms with E-state index in [1.54, 1.807) is 0 Å². The molecule has 0 bridgehead atoms. The summed E-state index contributed by atoms with van der Waals surface area (Å²) in [4.78, 5) is 11.1. The van der Waals surface area contributed by atoms with Crippen LogP contribution in [0.15, 0.2) is 0 Å². The molecule has 1 atom stereocenters. The Bertz CT molecular complexity index is 116. The van der Waals surface area contributed by atoms with Crippen molar-refractivity contribution in [1.29, 1.82) is 0 Å². The second-order valence-corrected chi connectivity index (χ2v) is 3.51. The number of Topliss-reactive ketones (excluding diaryl/α,β-unsaturated/α-hetero) is 1. The molecule has 0 saturated heterocycles. The van der Waals surface area contributed by atoms with Gasteiger partial charge in [0.05, 0.1) is 0 Å². The van der Waals surface area contributed by atoms with Crippen LogP contribution in [0.4, 0.5) is 0 Å². The topological polar surface area (TPSA) is 17.1 Å².